The van der Waals surface area contributed by atoms with Crippen LogP contribution in [0.3, 0.4) is 0 Å². The lowest BCUT2D eigenvalue weighted by Gasteiger charge is -2.11. The Balaban J connectivity index is 1.52. The number of aromatic nitrogens is 2. The highest BCUT2D eigenvalue weighted by atomic mass is 32.1. The van der Waals surface area contributed by atoms with Gasteiger partial charge in [0.1, 0.15) is 5.01 Å². The number of anilines is 1. The smallest absolute Gasteiger partial charge is 0.243 e. The SMILES string of the molecule is CC(NCc1csc(-c2cccs2)n1)C(=O)Nc1nccs1. The average Bonchev–Trinajstić information content (AvgIpc) is 3.25. The molecular formula is C14H14N4OS3. The van der Waals surface area contributed by atoms with E-state index in [1.54, 1.807) is 28.9 Å². The van der Waals surface area contributed by atoms with Crippen LogP contribution in [0, 0.1) is 0 Å². The zero-order chi connectivity index (χ0) is 15.4. The highest BCUT2D eigenvalue weighted by Crippen LogP contribution is 2.27. The van der Waals surface area contributed by atoms with Crippen LogP contribution < -0.4 is 10.6 Å². The third-order valence-corrected chi connectivity index (χ3v) is 5.55. The van der Waals surface area contributed by atoms with Gasteiger partial charge in [-0.15, -0.1) is 34.0 Å². The summed E-state index contributed by atoms with van der Waals surface area (Å²) in [6, 6.07) is 3.77. The fourth-order valence-corrected chi connectivity index (χ4v) is 3.92. The molecule has 0 bridgehead atoms. The number of thiazole rings is 2. The van der Waals surface area contributed by atoms with Crippen molar-refractivity contribution in [1.82, 2.24) is 15.3 Å². The monoisotopic (exact) mass is 350 g/mol. The third-order valence-electron chi connectivity index (χ3n) is 2.93. The Hall–Kier alpha value is -1.61. The number of nitrogens with one attached hydrogen (secondary N) is 2. The molecule has 0 fully saturated rings. The Morgan fingerprint density at radius 2 is 2.23 bits per heavy atom. The lowest BCUT2D eigenvalue weighted by molar-refractivity contribution is -0.117. The Morgan fingerprint density at radius 1 is 1.32 bits per heavy atom. The molecule has 3 rings (SSSR count). The van der Waals surface area contributed by atoms with Gasteiger partial charge in [-0.1, -0.05) is 6.07 Å². The van der Waals surface area contributed by atoms with E-state index in [0.717, 1.165) is 10.7 Å². The molecule has 3 heterocycles. The van der Waals surface area contributed by atoms with Gasteiger partial charge in [0.25, 0.3) is 0 Å². The summed E-state index contributed by atoms with van der Waals surface area (Å²) in [7, 11) is 0. The second-order valence-corrected chi connectivity index (χ2v) is 7.25. The summed E-state index contributed by atoms with van der Waals surface area (Å²) in [4.78, 5) is 21.8. The van der Waals surface area contributed by atoms with Gasteiger partial charge in [-0.05, 0) is 18.4 Å². The first kappa shape index (κ1) is 15.3. The van der Waals surface area contributed by atoms with Gasteiger partial charge in [0, 0.05) is 23.5 Å². The number of nitrogens with zero attached hydrogens (tertiary/aromatic N) is 2. The van der Waals surface area contributed by atoms with Crippen molar-refractivity contribution in [1.29, 1.82) is 0 Å². The Morgan fingerprint density at radius 3 is 2.95 bits per heavy atom. The minimum Gasteiger partial charge on any atom is -0.301 e. The molecule has 1 unspecified atom stereocenters. The van der Waals surface area contributed by atoms with Crippen molar-refractivity contribution in [2.45, 2.75) is 19.5 Å². The van der Waals surface area contributed by atoms with Crippen LogP contribution in [-0.4, -0.2) is 21.9 Å². The summed E-state index contributed by atoms with van der Waals surface area (Å²) in [5.41, 5.74) is 0.947. The Labute approximate surface area is 140 Å². The van der Waals surface area contributed by atoms with E-state index in [1.165, 1.54) is 16.2 Å². The first-order valence-corrected chi connectivity index (χ1v) is 9.28. The molecule has 0 saturated carbocycles. The molecular weight excluding hydrogens is 336 g/mol. The van der Waals surface area contributed by atoms with Gasteiger partial charge >= 0.3 is 0 Å². The highest BCUT2D eigenvalue weighted by Gasteiger charge is 2.14. The summed E-state index contributed by atoms with van der Waals surface area (Å²) in [5.74, 6) is -0.0938. The van der Waals surface area contributed by atoms with Crippen LogP contribution in [0.2, 0.25) is 0 Å². The van der Waals surface area contributed by atoms with Crippen LogP contribution in [-0.2, 0) is 11.3 Å². The predicted octanol–water partition coefficient (Wildman–Crippen LogP) is 3.44. The van der Waals surface area contributed by atoms with Crippen LogP contribution in [0.4, 0.5) is 5.13 Å². The van der Waals surface area contributed by atoms with Crippen molar-refractivity contribution < 1.29 is 4.79 Å². The van der Waals surface area contributed by atoms with Crippen molar-refractivity contribution in [3.8, 4) is 9.88 Å². The average molecular weight is 350 g/mol. The molecule has 114 valence electrons. The van der Waals surface area contributed by atoms with Gasteiger partial charge in [0.05, 0.1) is 16.6 Å². The first-order chi connectivity index (χ1) is 10.7. The molecule has 2 N–H and O–H groups in total. The maximum Gasteiger partial charge on any atom is 0.243 e. The van der Waals surface area contributed by atoms with Crippen molar-refractivity contribution in [2.24, 2.45) is 0 Å². The summed E-state index contributed by atoms with van der Waals surface area (Å²) in [6.45, 7) is 2.39. The van der Waals surface area contributed by atoms with E-state index in [2.05, 4.69) is 26.7 Å². The molecule has 5 nitrogen and oxygen atoms in total. The molecule has 0 radical (unpaired) electrons. The topological polar surface area (TPSA) is 66.9 Å². The largest absolute Gasteiger partial charge is 0.301 e. The van der Waals surface area contributed by atoms with Crippen molar-refractivity contribution in [3.63, 3.8) is 0 Å². The van der Waals surface area contributed by atoms with Crippen LogP contribution >= 0.6 is 34.0 Å². The van der Waals surface area contributed by atoms with Gasteiger partial charge in [-0.2, -0.15) is 0 Å². The van der Waals surface area contributed by atoms with Gasteiger partial charge in [-0.25, -0.2) is 9.97 Å². The van der Waals surface area contributed by atoms with E-state index in [4.69, 9.17) is 0 Å². The first-order valence-electron chi connectivity index (χ1n) is 6.64. The maximum atomic E-state index is 12.0. The van der Waals surface area contributed by atoms with E-state index in [9.17, 15) is 4.79 Å². The fourth-order valence-electron chi connectivity index (χ4n) is 1.75. The van der Waals surface area contributed by atoms with Crippen LogP contribution in [0.15, 0.2) is 34.5 Å². The summed E-state index contributed by atoms with van der Waals surface area (Å²) in [5, 5.41) is 13.5. The maximum absolute atomic E-state index is 12.0. The zero-order valence-electron chi connectivity index (χ0n) is 11.8. The van der Waals surface area contributed by atoms with Gasteiger partial charge in [0.2, 0.25) is 5.91 Å². The number of carbonyl (C=O) groups excluding carboxylic acids is 1. The van der Waals surface area contributed by atoms with Gasteiger partial charge in [0.15, 0.2) is 5.13 Å². The van der Waals surface area contributed by atoms with E-state index < -0.39 is 0 Å². The van der Waals surface area contributed by atoms with Crippen LogP contribution in [0.25, 0.3) is 9.88 Å². The molecule has 8 heteroatoms. The molecule has 3 aromatic heterocycles. The quantitative estimate of drug-likeness (QED) is 0.715. The summed E-state index contributed by atoms with van der Waals surface area (Å²) in [6.07, 6.45) is 1.67. The molecule has 1 atom stereocenters. The van der Waals surface area contributed by atoms with Crippen LogP contribution in [0.5, 0.6) is 0 Å². The van der Waals surface area contributed by atoms with E-state index in [1.807, 2.05) is 29.1 Å². The highest BCUT2D eigenvalue weighted by molar-refractivity contribution is 7.20. The second-order valence-electron chi connectivity index (χ2n) is 4.55. The lowest BCUT2D eigenvalue weighted by atomic mass is 10.3. The molecule has 22 heavy (non-hydrogen) atoms. The fraction of sp³-hybridized carbons (Fsp3) is 0.214. The summed E-state index contributed by atoms with van der Waals surface area (Å²) < 4.78 is 0. The van der Waals surface area contributed by atoms with E-state index in [0.29, 0.717) is 11.7 Å². The van der Waals surface area contributed by atoms with Gasteiger partial charge in [-0.3, -0.25) is 4.79 Å². The van der Waals surface area contributed by atoms with E-state index in [-0.39, 0.29) is 11.9 Å². The number of hydrogen-bond acceptors (Lipinski definition) is 7. The number of thiophene rings is 1. The standard InChI is InChI=1S/C14H14N4OS3/c1-9(12(19)18-14-15-4-6-21-14)16-7-10-8-22-13(17-10)11-3-2-5-20-11/h2-6,8-9,16H,7H2,1H3,(H,15,18,19). The Kier molecular flexibility index (Phi) is 4.94. The molecule has 0 aliphatic carbocycles. The Bertz CT molecular complexity index is 721. The van der Waals surface area contributed by atoms with Crippen molar-refractivity contribution >= 4 is 45.0 Å². The van der Waals surface area contributed by atoms with Crippen molar-refractivity contribution in [2.75, 3.05) is 5.32 Å². The lowest BCUT2D eigenvalue weighted by Crippen LogP contribution is -2.37. The molecule has 0 saturated heterocycles. The normalized spacial score (nSPS) is 12.2. The number of hydrogen-bond donors (Lipinski definition) is 2. The van der Waals surface area contributed by atoms with Crippen LogP contribution in [0.1, 0.15) is 12.6 Å². The number of amides is 1. The molecule has 0 spiro atoms. The zero-order valence-corrected chi connectivity index (χ0v) is 14.2. The van der Waals surface area contributed by atoms with Gasteiger partial charge < -0.3 is 10.6 Å². The minimum absolute atomic E-state index is 0.0938. The predicted molar refractivity (Wildman–Crippen MR) is 92.5 cm³/mol. The third kappa shape index (κ3) is 3.77. The minimum atomic E-state index is -0.309. The molecule has 0 aliphatic rings. The number of rotatable bonds is 6. The molecule has 3 aromatic rings. The molecule has 0 aliphatic heterocycles. The van der Waals surface area contributed by atoms with E-state index >= 15 is 0 Å². The van der Waals surface area contributed by atoms with Crippen molar-refractivity contribution in [3.05, 3.63) is 40.2 Å². The summed E-state index contributed by atoms with van der Waals surface area (Å²) >= 11 is 4.70. The second kappa shape index (κ2) is 7.10. The molecule has 0 aromatic carbocycles. The molecule has 1 amide bonds. The number of carbonyl (C=O) groups is 1.